The van der Waals surface area contributed by atoms with Crippen LogP contribution in [0.15, 0.2) is 18.2 Å². The molecule has 2 rings (SSSR count). The van der Waals surface area contributed by atoms with Crippen LogP contribution in [-0.4, -0.2) is 38.1 Å². The predicted octanol–water partition coefficient (Wildman–Crippen LogP) is 2.32. The highest BCUT2D eigenvalue weighted by molar-refractivity contribution is 6.00. The van der Waals surface area contributed by atoms with E-state index in [2.05, 4.69) is 41.5 Å². The van der Waals surface area contributed by atoms with E-state index >= 15 is 0 Å². The highest BCUT2D eigenvalue weighted by atomic mass is 16.1. The first-order chi connectivity index (χ1) is 10.1. The van der Waals surface area contributed by atoms with Crippen molar-refractivity contribution < 1.29 is 4.79 Å². The molecule has 0 aliphatic carbocycles. The molecule has 0 spiro atoms. The quantitative estimate of drug-likeness (QED) is 0.845. The monoisotopic (exact) mass is 289 g/mol. The average molecular weight is 289 g/mol. The second-order valence-electron chi connectivity index (χ2n) is 5.88. The van der Waals surface area contributed by atoms with Gasteiger partial charge >= 0.3 is 0 Å². The van der Waals surface area contributed by atoms with Crippen LogP contribution in [0.4, 0.5) is 5.69 Å². The summed E-state index contributed by atoms with van der Waals surface area (Å²) in [6, 6.07) is 6.47. The van der Waals surface area contributed by atoms with Gasteiger partial charge in [0.2, 0.25) is 0 Å². The van der Waals surface area contributed by atoms with E-state index in [9.17, 15) is 4.79 Å². The minimum Gasteiger partial charge on any atom is -0.371 e. The summed E-state index contributed by atoms with van der Waals surface area (Å²) in [7, 11) is 0. The molecule has 1 aromatic rings. The lowest BCUT2D eigenvalue weighted by molar-refractivity contribution is 0.0950. The van der Waals surface area contributed by atoms with Crippen LogP contribution in [-0.2, 0) is 0 Å². The molecule has 0 saturated carbocycles. The maximum absolute atomic E-state index is 12.5. The summed E-state index contributed by atoms with van der Waals surface area (Å²) in [6.45, 7) is 9.87. The zero-order valence-electron chi connectivity index (χ0n) is 13.4. The lowest BCUT2D eigenvalue weighted by Gasteiger charge is -2.22. The van der Waals surface area contributed by atoms with Gasteiger partial charge in [-0.2, -0.15) is 0 Å². The van der Waals surface area contributed by atoms with Crippen molar-refractivity contribution in [1.29, 1.82) is 0 Å². The van der Waals surface area contributed by atoms with E-state index in [-0.39, 0.29) is 5.91 Å². The van der Waals surface area contributed by atoms with Crippen molar-refractivity contribution in [1.82, 2.24) is 10.6 Å². The third kappa shape index (κ3) is 4.21. The molecule has 1 atom stereocenters. The van der Waals surface area contributed by atoms with Crippen LogP contribution >= 0.6 is 0 Å². The molecule has 2 N–H and O–H groups in total. The fourth-order valence-corrected chi connectivity index (χ4v) is 2.83. The lowest BCUT2D eigenvalue weighted by Crippen LogP contribution is -2.39. The van der Waals surface area contributed by atoms with Gasteiger partial charge in [0.05, 0.1) is 5.56 Å². The van der Waals surface area contributed by atoms with Crippen LogP contribution in [0.25, 0.3) is 0 Å². The standard InChI is InChI=1S/C17H27N3O/c1-4-18-14(3)12-19-17(21)15-11-13(2)7-8-16(15)20-9-5-6-10-20/h7-8,11,14,18H,4-6,9-10,12H2,1-3H3,(H,19,21)/t14-/m1/s1. The van der Waals surface area contributed by atoms with E-state index < -0.39 is 0 Å². The van der Waals surface area contributed by atoms with E-state index in [1.807, 2.05) is 13.0 Å². The topological polar surface area (TPSA) is 44.4 Å². The maximum atomic E-state index is 12.5. The van der Waals surface area contributed by atoms with Gasteiger partial charge in [0, 0.05) is 31.4 Å². The van der Waals surface area contributed by atoms with Crippen molar-refractivity contribution in [3.63, 3.8) is 0 Å². The van der Waals surface area contributed by atoms with Crippen molar-refractivity contribution in [3.8, 4) is 0 Å². The number of hydrogen-bond acceptors (Lipinski definition) is 3. The summed E-state index contributed by atoms with van der Waals surface area (Å²) in [6.07, 6.45) is 2.43. The highest BCUT2D eigenvalue weighted by Gasteiger charge is 2.19. The van der Waals surface area contributed by atoms with E-state index in [0.29, 0.717) is 12.6 Å². The van der Waals surface area contributed by atoms with Crippen molar-refractivity contribution in [2.75, 3.05) is 31.1 Å². The zero-order chi connectivity index (χ0) is 15.2. The van der Waals surface area contributed by atoms with E-state index in [0.717, 1.165) is 36.4 Å². The number of rotatable bonds is 6. The van der Waals surface area contributed by atoms with Gasteiger partial charge < -0.3 is 15.5 Å². The number of amides is 1. The van der Waals surface area contributed by atoms with Crippen LogP contribution in [0.1, 0.15) is 42.6 Å². The zero-order valence-corrected chi connectivity index (χ0v) is 13.4. The van der Waals surface area contributed by atoms with Crippen molar-refractivity contribution in [3.05, 3.63) is 29.3 Å². The van der Waals surface area contributed by atoms with Gasteiger partial charge in [0.15, 0.2) is 0 Å². The number of likely N-dealkylation sites (N-methyl/N-ethyl adjacent to an activating group) is 1. The fourth-order valence-electron chi connectivity index (χ4n) is 2.83. The summed E-state index contributed by atoms with van der Waals surface area (Å²) in [5.41, 5.74) is 3.01. The van der Waals surface area contributed by atoms with Gasteiger partial charge in [-0.25, -0.2) is 0 Å². The number of anilines is 1. The van der Waals surface area contributed by atoms with Gasteiger partial charge in [0.25, 0.3) is 5.91 Å². The van der Waals surface area contributed by atoms with E-state index in [4.69, 9.17) is 0 Å². The molecule has 4 nitrogen and oxygen atoms in total. The lowest BCUT2D eigenvalue weighted by atomic mass is 10.1. The molecule has 0 bridgehead atoms. The minimum absolute atomic E-state index is 0.0327. The Labute approximate surface area is 127 Å². The highest BCUT2D eigenvalue weighted by Crippen LogP contribution is 2.25. The molecule has 1 saturated heterocycles. The largest absolute Gasteiger partial charge is 0.371 e. The summed E-state index contributed by atoms with van der Waals surface area (Å²) in [4.78, 5) is 14.8. The third-order valence-corrected chi connectivity index (χ3v) is 3.96. The van der Waals surface area contributed by atoms with E-state index in [1.165, 1.54) is 12.8 Å². The molecule has 1 aliphatic heterocycles. The number of benzene rings is 1. The Hall–Kier alpha value is -1.55. The Kier molecular flexibility index (Phi) is 5.62. The molecule has 0 radical (unpaired) electrons. The van der Waals surface area contributed by atoms with Crippen molar-refractivity contribution >= 4 is 11.6 Å². The summed E-state index contributed by atoms with van der Waals surface area (Å²) in [5, 5.41) is 6.35. The molecule has 4 heteroatoms. The molecular weight excluding hydrogens is 262 g/mol. The average Bonchev–Trinajstić information content (AvgIpc) is 2.99. The molecule has 0 aromatic heterocycles. The fraction of sp³-hybridized carbons (Fsp3) is 0.588. The first-order valence-electron chi connectivity index (χ1n) is 7.99. The first kappa shape index (κ1) is 15.8. The van der Waals surface area contributed by atoms with Crippen molar-refractivity contribution in [2.45, 2.75) is 39.7 Å². The van der Waals surface area contributed by atoms with Gasteiger partial charge in [0.1, 0.15) is 0 Å². The van der Waals surface area contributed by atoms with Crippen molar-refractivity contribution in [2.24, 2.45) is 0 Å². The van der Waals surface area contributed by atoms with E-state index in [1.54, 1.807) is 0 Å². The van der Waals surface area contributed by atoms with Crippen LogP contribution in [0.3, 0.4) is 0 Å². The van der Waals surface area contributed by atoms with Gasteiger partial charge in [-0.1, -0.05) is 18.6 Å². The molecule has 1 fully saturated rings. The smallest absolute Gasteiger partial charge is 0.253 e. The number of nitrogens with zero attached hydrogens (tertiary/aromatic N) is 1. The van der Waals surface area contributed by atoms with Crippen LogP contribution in [0.2, 0.25) is 0 Å². The number of hydrogen-bond donors (Lipinski definition) is 2. The molecular formula is C17H27N3O. The maximum Gasteiger partial charge on any atom is 0.253 e. The second kappa shape index (κ2) is 7.46. The Balaban J connectivity index is 2.09. The SMILES string of the molecule is CCN[C@H](C)CNC(=O)c1cc(C)ccc1N1CCCC1. The summed E-state index contributed by atoms with van der Waals surface area (Å²) in [5.74, 6) is 0.0327. The molecule has 116 valence electrons. The summed E-state index contributed by atoms with van der Waals surface area (Å²) < 4.78 is 0. The molecule has 1 aromatic carbocycles. The van der Waals surface area contributed by atoms with Crippen LogP contribution < -0.4 is 15.5 Å². The molecule has 21 heavy (non-hydrogen) atoms. The Bertz CT molecular complexity index is 481. The van der Waals surface area contributed by atoms with Gasteiger partial charge in [-0.15, -0.1) is 0 Å². The number of carbonyl (C=O) groups excluding carboxylic acids is 1. The van der Waals surface area contributed by atoms with Crippen LogP contribution in [0, 0.1) is 6.92 Å². The number of nitrogens with one attached hydrogen (secondary N) is 2. The summed E-state index contributed by atoms with van der Waals surface area (Å²) >= 11 is 0. The number of aryl methyl sites for hydroxylation is 1. The Morgan fingerprint density at radius 1 is 1.33 bits per heavy atom. The third-order valence-electron chi connectivity index (χ3n) is 3.96. The van der Waals surface area contributed by atoms with Crippen LogP contribution in [0.5, 0.6) is 0 Å². The molecule has 1 aliphatic rings. The Morgan fingerprint density at radius 2 is 2.05 bits per heavy atom. The predicted molar refractivity (Wildman–Crippen MR) is 88.1 cm³/mol. The second-order valence-corrected chi connectivity index (χ2v) is 5.88. The first-order valence-corrected chi connectivity index (χ1v) is 7.99. The minimum atomic E-state index is 0.0327. The molecule has 1 heterocycles. The van der Waals surface area contributed by atoms with Gasteiger partial charge in [-0.05, 0) is 45.4 Å². The molecule has 1 amide bonds. The Morgan fingerprint density at radius 3 is 2.71 bits per heavy atom. The molecule has 0 unspecified atom stereocenters. The van der Waals surface area contributed by atoms with Gasteiger partial charge in [-0.3, -0.25) is 4.79 Å². The normalized spacial score (nSPS) is 16.0. The number of carbonyl (C=O) groups is 1.